The van der Waals surface area contributed by atoms with Gasteiger partial charge in [0, 0.05) is 5.56 Å². The maximum atomic E-state index is 10.7. The van der Waals surface area contributed by atoms with Gasteiger partial charge in [0.25, 0.3) is 0 Å². The highest BCUT2D eigenvalue weighted by molar-refractivity contribution is 7.38. The second-order valence-corrected chi connectivity index (χ2v) is 17.3. The lowest BCUT2D eigenvalue weighted by Gasteiger charge is -2.42. The Morgan fingerprint density at radius 2 is 0.809 bits per heavy atom. The van der Waals surface area contributed by atoms with Crippen LogP contribution in [0, 0.1) is 19.3 Å². The Kier molecular flexibility index (Phi) is 17.1. The van der Waals surface area contributed by atoms with Crippen LogP contribution in [-0.2, 0) is 21.7 Å². The number of benzene rings is 2. The zero-order chi connectivity index (χ0) is 37.5. The monoisotopic (exact) mass is 704 g/mol. The van der Waals surface area contributed by atoms with Gasteiger partial charge in [0.15, 0.2) is 0 Å². The largest absolute Gasteiger partial charge is 0.485 e. The summed E-state index contributed by atoms with van der Waals surface area (Å²) in [6.45, 7) is 29.5. The van der Waals surface area contributed by atoms with Gasteiger partial charge in [-0.05, 0) is 75.0 Å². The molecule has 0 spiro atoms. The van der Waals surface area contributed by atoms with Crippen molar-refractivity contribution in [1.29, 1.82) is 0 Å². The number of hydrogen-bond donors (Lipinski definition) is 9. The van der Waals surface area contributed by atoms with E-state index >= 15 is 0 Å². The van der Waals surface area contributed by atoms with E-state index in [0.717, 1.165) is 22.4 Å². The molecule has 9 N–H and O–H groups in total. The molecule has 0 saturated heterocycles. The molecule has 0 heterocycles. The minimum Gasteiger partial charge on any atom is -0.485 e. The van der Waals surface area contributed by atoms with Crippen molar-refractivity contribution in [1.82, 2.24) is 0 Å². The summed E-state index contributed by atoms with van der Waals surface area (Å²) in [6.07, 6.45) is -0.787. The van der Waals surface area contributed by atoms with Crippen LogP contribution in [0.25, 0.3) is 0 Å². The maximum Gasteiger partial charge on any atom is 0.324 e. The van der Waals surface area contributed by atoms with Crippen molar-refractivity contribution >= 4 is 17.2 Å². The number of aliphatic hydroxyl groups excluding tert-OH is 3. The van der Waals surface area contributed by atoms with Gasteiger partial charge in [-0.1, -0.05) is 101 Å². The van der Waals surface area contributed by atoms with E-state index in [4.69, 9.17) is 34.1 Å². The van der Waals surface area contributed by atoms with E-state index in [2.05, 4.69) is 115 Å². The first-order valence-electron chi connectivity index (χ1n) is 15.5. The molecule has 2 aromatic rings. The summed E-state index contributed by atoms with van der Waals surface area (Å²) in [5.74, 6) is 0.723. The van der Waals surface area contributed by atoms with E-state index in [-0.39, 0.29) is 21.7 Å². The number of aryl methyl sites for hydroxylation is 2. The van der Waals surface area contributed by atoms with Gasteiger partial charge < -0.3 is 49.4 Å². The standard InChI is InChI=1S/C35H56O4.2H3O3P/c1-22-15-17-24(28(33(9,10)11)26(22)31(3,4)5)30(35(19-36,20-37)21-38)39-25-18-16-23(2)27(32(6,7)8)29(25)34(12,13)14;2*1-4(2)3/h15-18,30,36-38H,19-21H2,1-14H3;2*1-3H. The van der Waals surface area contributed by atoms with Crippen LogP contribution in [0.15, 0.2) is 24.3 Å². The highest BCUT2D eigenvalue weighted by Crippen LogP contribution is 2.49. The Hall–Kier alpha value is -1.26. The predicted octanol–water partition coefficient (Wildman–Crippen LogP) is 5.96. The highest BCUT2D eigenvalue weighted by atomic mass is 31.2. The van der Waals surface area contributed by atoms with Gasteiger partial charge in [-0.15, -0.1) is 0 Å². The minimum atomic E-state index is -2.62. The lowest BCUT2D eigenvalue weighted by Crippen LogP contribution is -2.44. The first kappa shape index (κ1) is 45.7. The number of ether oxygens (including phenoxy) is 1. The number of aliphatic hydroxyl groups is 3. The molecule has 0 amide bonds. The second kappa shape index (κ2) is 17.6. The van der Waals surface area contributed by atoms with E-state index in [1.807, 2.05) is 6.07 Å². The van der Waals surface area contributed by atoms with Crippen molar-refractivity contribution in [2.75, 3.05) is 19.8 Å². The second-order valence-electron chi connectivity index (χ2n) is 16.2. The molecule has 0 aromatic heterocycles. The Balaban J connectivity index is 0.00000236. The Labute approximate surface area is 285 Å². The minimum absolute atomic E-state index is 0.122. The van der Waals surface area contributed by atoms with Gasteiger partial charge in [0.05, 0.1) is 25.2 Å². The van der Waals surface area contributed by atoms with Crippen molar-refractivity contribution < 1.29 is 49.4 Å². The van der Waals surface area contributed by atoms with E-state index in [9.17, 15) is 15.3 Å². The SMILES string of the molecule is Cc1ccc(OC(c2ccc(C)c(C(C)(C)C)c2C(C)(C)C)C(CO)(CO)CO)c(C(C)(C)C)c1C(C)(C)C.OP(O)O.OP(O)O. The summed E-state index contributed by atoms with van der Waals surface area (Å²) in [4.78, 5) is 43.4. The van der Waals surface area contributed by atoms with E-state index in [1.165, 1.54) is 22.3 Å². The molecule has 2 rings (SSSR count). The molecular weight excluding hydrogens is 642 g/mol. The molecule has 0 bridgehead atoms. The average molecular weight is 705 g/mol. The summed E-state index contributed by atoms with van der Waals surface area (Å²) in [5, 5.41) is 32.2. The van der Waals surface area contributed by atoms with Crippen LogP contribution in [0.5, 0.6) is 5.75 Å². The van der Waals surface area contributed by atoms with Gasteiger partial charge in [0.1, 0.15) is 11.9 Å². The summed E-state index contributed by atoms with van der Waals surface area (Å²) < 4.78 is 7.05. The molecule has 47 heavy (non-hydrogen) atoms. The smallest absolute Gasteiger partial charge is 0.324 e. The van der Waals surface area contributed by atoms with Gasteiger partial charge in [0.2, 0.25) is 0 Å². The predicted molar refractivity (Wildman–Crippen MR) is 191 cm³/mol. The van der Waals surface area contributed by atoms with Gasteiger partial charge in [-0.25, -0.2) is 0 Å². The van der Waals surface area contributed by atoms with Crippen molar-refractivity contribution in [2.45, 2.75) is 125 Å². The molecule has 0 aliphatic heterocycles. The van der Waals surface area contributed by atoms with Gasteiger partial charge in [-0.2, -0.15) is 0 Å². The highest BCUT2D eigenvalue weighted by Gasteiger charge is 2.45. The van der Waals surface area contributed by atoms with Crippen molar-refractivity contribution in [3.63, 3.8) is 0 Å². The normalized spacial score (nSPS) is 13.6. The van der Waals surface area contributed by atoms with Crippen molar-refractivity contribution in [2.24, 2.45) is 5.41 Å². The fraction of sp³-hybridized carbons (Fsp3) is 0.657. The van der Waals surface area contributed by atoms with Crippen LogP contribution in [0.3, 0.4) is 0 Å². The summed E-state index contributed by atoms with van der Waals surface area (Å²) in [5.41, 5.74) is 5.97. The Bertz CT molecular complexity index is 1240. The molecule has 0 fully saturated rings. The zero-order valence-electron chi connectivity index (χ0n) is 30.8. The molecule has 0 aliphatic rings. The lowest BCUT2D eigenvalue weighted by atomic mass is 9.68. The van der Waals surface area contributed by atoms with E-state index < -0.39 is 48.5 Å². The van der Waals surface area contributed by atoms with Crippen LogP contribution < -0.4 is 4.74 Å². The van der Waals surface area contributed by atoms with Gasteiger partial charge >= 0.3 is 17.2 Å². The van der Waals surface area contributed by atoms with Crippen LogP contribution >= 0.6 is 17.2 Å². The average Bonchev–Trinajstić information content (AvgIpc) is 2.86. The van der Waals surface area contributed by atoms with Crippen LogP contribution in [0.2, 0.25) is 0 Å². The molecule has 1 unspecified atom stereocenters. The van der Waals surface area contributed by atoms with Crippen LogP contribution in [-0.4, -0.2) is 64.5 Å². The summed E-state index contributed by atoms with van der Waals surface area (Å²) in [6, 6.07) is 8.30. The number of hydrogen-bond acceptors (Lipinski definition) is 10. The molecule has 0 aliphatic carbocycles. The molecule has 2 aromatic carbocycles. The fourth-order valence-electron chi connectivity index (χ4n) is 6.26. The summed E-state index contributed by atoms with van der Waals surface area (Å²) in [7, 11) is -5.24. The third-order valence-corrected chi connectivity index (χ3v) is 7.85. The Morgan fingerprint density at radius 3 is 1.11 bits per heavy atom. The third-order valence-electron chi connectivity index (χ3n) is 7.85. The van der Waals surface area contributed by atoms with Crippen LogP contribution in [0.1, 0.15) is 128 Å². The first-order valence-corrected chi connectivity index (χ1v) is 17.9. The van der Waals surface area contributed by atoms with Crippen molar-refractivity contribution in [3.8, 4) is 5.75 Å². The molecular formula is C35H62O10P2. The number of rotatable bonds is 7. The van der Waals surface area contributed by atoms with Crippen LogP contribution in [0.4, 0.5) is 0 Å². The molecule has 272 valence electrons. The molecule has 0 saturated carbocycles. The fourth-order valence-corrected chi connectivity index (χ4v) is 6.26. The van der Waals surface area contributed by atoms with Gasteiger partial charge in [-0.3, -0.25) is 0 Å². The Morgan fingerprint density at radius 1 is 0.511 bits per heavy atom. The first-order chi connectivity index (χ1) is 21.0. The quantitative estimate of drug-likeness (QED) is 0.156. The van der Waals surface area contributed by atoms with E-state index in [1.54, 1.807) is 0 Å². The topological polar surface area (TPSA) is 191 Å². The summed E-state index contributed by atoms with van der Waals surface area (Å²) >= 11 is 0. The van der Waals surface area contributed by atoms with E-state index in [0.29, 0.717) is 0 Å². The molecule has 1 atom stereocenters. The molecule has 0 radical (unpaired) electrons. The maximum absolute atomic E-state index is 10.7. The third kappa shape index (κ3) is 12.9. The van der Waals surface area contributed by atoms with Crippen molar-refractivity contribution in [3.05, 3.63) is 63.2 Å². The molecule has 12 heteroatoms. The lowest BCUT2D eigenvalue weighted by molar-refractivity contribution is -0.0753. The molecule has 10 nitrogen and oxygen atoms in total. The zero-order valence-corrected chi connectivity index (χ0v) is 32.6.